The number of aromatic nitrogens is 2. The Bertz CT molecular complexity index is 381. The van der Waals surface area contributed by atoms with E-state index in [2.05, 4.69) is 10.2 Å². The van der Waals surface area contributed by atoms with Gasteiger partial charge < -0.3 is 9.84 Å². The summed E-state index contributed by atoms with van der Waals surface area (Å²) in [4.78, 5) is 0. The van der Waals surface area contributed by atoms with Crippen LogP contribution in [-0.4, -0.2) is 15.3 Å². The third kappa shape index (κ3) is 2.04. The van der Waals surface area contributed by atoms with Crippen molar-refractivity contribution >= 4 is 0 Å². The quantitative estimate of drug-likeness (QED) is 0.774. The summed E-state index contributed by atoms with van der Waals surface area (Å²) in [7, 11) is 0. The van der Waals surface area contributed by atoms with Crippen molar-refractivity contribution < 1.29 is 9.84 Å². The van der Waals surface area contributed by atoms with Crippen LogP contribution in [0.5, 0.6) is 11.5 Å². The lowest BCUT2D eigenvalue weighted by atomic mass is 10.2. The summed E-state index contributed by atoms with van der Waals surface area (Å²) < 4.78 is 5.40. The van der Waals surface area contributed by atoms with Gasteiger partial charge in [0.15, 0.2) is 5.75 Å². The zero-order valence-corrected chi connectivity index (χ0v) is 7.47. The largest absolute Gasteiger partial charge is 0.508 e. The van der Waals surface area contributed by atoms with Gasteiger partial charge in [-0.25, -0.2) is 0 Å². The lowest BCUT2D eigenvalue weighted by molar-refractivity contribution is 0.306. The Labute approximate surface area is 81.2 Å². The first-order valence-electron chi connectivity index (χ1n) is 4.24. The first kappa shape index (κ1) is 8.62. The van der Waals surface area contributed by atoms with Crippen molar-refractivity contribution in [3.8, 4) is 11.5 Å². The highest BCUT2D eigenvalue weighted by Crippen LogP contribution is 2.12. The molecule has 0 saturated carbocycles. The molecule has 1 aromatic carbocycles. The minimum atomic E-state index is 0.261. The molecule has 2 rings (SSSR count). The van der Waals surface area contributed by atoms with Crippen LogP contribution in [0.15, 0.2) is 36.7 Å². The first-order chi connectivity index (χ1) is 6.84. The second kappa shape index (κ2) is 3.83. The van der Waals surface area contributed by atoms with Gasteiger partial charge in [-0.15, -0.1) is 0 Å². The molecule has 0 aliphatic carbocycles. The number of H-pyrrole nitrogens is 1. The van der Waals surface area contributed by atoms with E-state index >= 15 is 0 Å². The van der Waals surface area contributed by atoms with Gasteiger partial charge in [-0.3, -0.25) is 5.10 Å². The number of nitrogens with one attached hydrogen (secondary N) is 1. The summed E-state index contributed by atoms with van der Waals surface area (Å²) >= 11 is 0. The molecule has 0 amide bonds. The normalized spacial score (nSPS) is 10.0. The second-order valence-electron chi connectivity index (χ2n) is 2.89. The molecule has 4 heteroatoms. The van der Waals surface area contributed by atoms with Gasteiger partial charge in [0.2, 0.25) is 0 Å². The van der Waals surface area contributed by atoms with E-state index in [0.29, 0.717) is 12.4 Å². The maximum atomic E-state index is 9.05. The van der Waals surface area contributed by atoms with Gasteiger partial charge in [-0.2, -0.15) is 5.10 Å². The summed E-state index contributed by atoms with van der Waals surface area (Å²) in [5.41, 5.74) is 1.00. The fourth-order valence-electron chi connectivity index (χ4n) is 1.08. The van der Waals surface area contributed by atoms with Crippen molar-refractivity contribution in [1.29, 1.82) is 0 Å². The standard InChI is InChI=1S/C10H10N2O2/c13-9-3-1-8(2-4-9)7-14-10-5-11-12-6-10/h1-6,13H,7H2,(H,11,12). The highest BCUT2D eigenvalue weighted by Gasteiger charge is 1.96. The van der Waals surface area contributed by atoms with E-state index in [0.717, 1.165) is 5.56 Å². The number of benzene rings is 1. The van der Waals surface area contributed by atoms with E-state index in [1.807, 2.05) is 12.1 Å². The van der Waals surface area contributed by atoms with Crippen LogP contribution in [0.1, 0.15) is 5.56 Å². The Kier molecular flexibility index (Phi) is 2.36. The third-order valence-electron chi connectivity index (χ3n) is 1.81. The molecule has 2 N–H and O–H groups in total. The lowest BCUT2D eigenvalue weighted by Gasteiger charge is -2.02. The van der Waals surface area contributed by atoms with Crippen molar-refractivity contribution in [3.63, 3.8) is 0 Å². The first-order valence-corrected chi connectivity index (χ1v) is 4.24. The molecule has 0 fully saturated rings. The van der Waals surface area contributed by atoms with E-state index in [-0.39, 0.29) is 5.75 Å². The summed E-state index contributed by atoms with van der Waals surface area (Å²) in [5, 5.41) is 15.5. The average Bonchev–Trinajstić information content (AvgIpc) is 2.70. The summed E-state index contributed by atoms with van der Waals surface area (Å²) in [6.45, 7) is 0.472. The smallest absolute Gasteiger partial charge is 0.157 e. The van der Waals surface area contributed by atoms with Gasteiger partial charge in [-0.05, 0) is 17.7 Å². The van der Waals surface area contributed by atoms with Crippen molar-refractivity contribution in [2.45, 2.75) is 6.61 Å². The summed E-state index contributed by atoms with van der Waals surface area (Å²) in [6.07, 6.45) is 3.29. The highest BCUT2D eigenvalue weighted by molar-refractivity contribution is 5.25. The van der Waals surface area contributed by atoms with Gasteiger partial charge in [0, 0.05) is 0 Å². The number of hydrogen-bond donors (Lipinski definition) is 2. The predicted octanol–water partition coefficient (Wildman–Crippen LogP) is 1.69. The number of ether oxygens (including phenoxy) is 1. The van der Waals surface area contributed by atoms with Crippen LogP contribution < -0.4 is 4.74 Å². The molecule has 2 aromatic rings. The van der Waals surface area contributed by atoms with Gasteiger partial charge >= 0.3 is 0 Å². The number of nitrogens with zero attached hydrogens (tertiary/aromatic N) is 1. The fraction of sp³-hybridized carbons (Fsp3) is 0.100. The molecule has 0 spiro atoms. The Balaban J connectivity index is 1.95. The average molecular weight is 190 g/mol. The van der Waals surface area contributed by atoms with Crippen LogP contribution in [0.3, 0.4) is 0 Å². The number of hydrogen-bond acceptors (Lipinski definition) is 3. The number of rotatable bonds is 3. The van der Waals surface area contributed by atoms with E-state index in [1.165, 1.54) is 0 Å². The van der Waals surface area contributed by atoms with Crippen molar-refractivity contribution in [1.82, 2.24) is 10.2 Å². The Hall–Kier alpha value is -1.97. The Morgan fingerprint density at radius 2 is 2.07 bits per heavy atom. The molecule has 4 nitrogen and oxygen atoms in total. The maximum absolute atomic E-state index is 9.05. The monoisotopic (exact) mass is 190 g/mol. The topological polar surface area (TPSA) is 58.1 Å². The van der Waals surface area contributed by atoms with Gasteiger partial charge in [0.25, 0.3) is 0 Å². The molecule has 0 saturated heterocycles. The molecule has 1 aromatic heterocycles. The SMILES string of the molecule is Oc1ccc(COc2cn[nH]c2)cc1. The van der Waals surface area contributed by atoms with Crippen LogP contribution in [0.25, 0.3) is 0 Å². The van der Waals surface area contributed by atoms with Gasteiger partial charge in [0.1, 0.15) is 12.4 Å². The number of aromatic amines is 1. The molecule has 0 radical (unpaired) electrons. The molecule has 14 heavy (non-hydrogen) atoms. The second-order valence-corrected chi connectivity index (χ2v) is 2.89. The van der Waals surface area contributed by atoms with Crippen LogP contribution in [0, 0.1) is 0 Å². The molecule has 0 bridgehead atoms. The predicted molar refractivity (Wildman–Crippen MR) is 51.0 cm³/mol. The third-order valence-corrected chi connectivity index (χ3v) is 1.81. The highest BCUT2D eigenvalue weighted by atomic mass is 16.5. The van der Waals surface area contributed by atoms with E-state index in [1.54, 1.807) is 24.5 Å². The van der Waals surface area contributed by atoms with E-state index < -0.39 is 0 Å². The lowest BCUT2D eigenvalue weighted by Crippen LogP contribution is -1.93. The Morgan fingerprint density at radius 1 is 1.29 bits per heavy atom. The van der Waals surface area contributed by atoms with Crippen molar-refractivity contribution in [3.05, 3.63) is 42.2 Å². The molecule has 72 valence electrons. The van der Waals surface area contributed by atoms with Gasteiger partial charge in [0.05, 0.1) is 12.4 Å². The maximum Gasteiger partial charge on any atom is 0.157 e. The molecular formula is C10H10N2O2. The fourth-order valence-corrected chi connectivity index (χ4v) is 1.08. The van der Waals surface area contributed by atoms with Crippen LogP contribution in [-0.2, 0) is 6.61 Å². The Morgan fingerprint density at radius 3 is 2.71 bits per heavy atom. The van der Waals surface area contributed by atoms with Crippen molar-refractivity contribution in [2.75, 3.05) is 0 Å². The van der Waals surface area contributed by atoms with Gasteiger partial charge in [-0.1, -0.05) is 12.1 Å². The van der Waals surface area contributed by atoms with E-state index in [4.69, 9.17) is 9.84 Å². The zero-order chi connectivity index (χ0) is 9.80. The zero-order valence-electron chi connectivity index (χ0n) is 7.47. The molecule has 0 aliphatic rings. The summed E-state index contributed by atoms with van der Waals surface area (Å²) in [6, 6.07) is 6.90. The van der Waals surface area contributed by atoms with Crippen molar-refractivity contribution in [2.24, 2.45) is 0 Å². The minimum absolute atomic E-state index is 0.261. The number of phenolic OH excluding ortho intramolecular Hbond substituents is 1. The molecular weight excluding hydrogens is 180 g/mol. The van der Waals surface area contributed by atoms with Crippen LogP contribution in [0.2, 0.25) is 0 Å². The molecule has 0 aliphatic heterocycles. The molecule has 1 heterocycles. The number of phenols is 1. The van der Waals surface area contributed by atoms with Crippen LogP contribution in [0.4, 0.5) is 0 Å². The number of aromatic hydroxyl groups is 1. The minimum Gasteiger partial charge on any atom is -0.508 e. The molecule has 0 unspecified atom stereocenters. The summed E-state index contributed by atoms with van der Waals surface area (Å²) in [5.74, 6) is 0.968. The molecule has 0 atom stereocenters. The van der Waals surface area contributed by atoms with E-state index in [9.17, 15) is 0 Å². The van der Waals surface area contributed by atoms with Crippen LogP contribution >= 0.6 is 0 Å².